The number of hydrogen-bond acceptors (Lipinski definition) is 3. The summed E-state index contributed by atoms with van der Waals surface area (Å²) in [6, 6.07) is 8.00. The van der Waals surface area contributed by atoms with E-state index in [9.17, 15) is 4.79 Å². The fraction of sp³-hybridized carbons (Fsp3) is 0.400. The second-order valence-electron chi connectivity index (χ2n) is 5.02. The van der Waals surface area contributed by atoms with E-state index in [0.29, 0.717) is 17.5 Å². The fourth-order valence-corrected chi connectivity index (χ4v) is 2.98. The summed E-state index contributed by atoms with van der Waals surface area (Å²) in [7, 11) is 1.41. The summed E-state index contributed by atoms with van der Waals surface area (Å²) in [5.74, 6) is 1.17. The van der Waals surface area contributed by atoms with Crippen molar-refractivity contribution < 1.29 is 9.53 Å². The molecule has 3 unspecified atom stereocenters. The number of methoxy groups -OCH3 is 1. The molecule has 3 atom stereocenters. The van der Waals surface area contributed by atoms with E-state index >= 15 is 0 Å². The van der Waals surface area contributed by atoms with Gasteiger partial charge in [0.2, 0.25) is 0 Å². The van der Waals surface area contributed by atoms with Gasteiger partial charge in [0.15, 0.2) is 0 Å². The van der Waals surface area contributed by atoms with Gasteiger partial charge in [-0.25, -0.2) is 4.79 Å². The van der Waals surface area contributed by atoms with Crippen LogP contribution in [0.25, 0.3) is 0 Å². The van der Waals surface area contributed by atoms with Gasteiger partial charge in [0, 0.05) is 17.6 Å². The van der Waals surface area contributed by atoms with E-state index in [4.69, 9.17) is 4.74 Å². The molecule has 3 nitrogen and oxygen atoms in total. The number of carbonyl (C=O) groups excluding carboxylic acids is 1. The smallest absolute Gasteiger partial charge is 0.339 e. The third kappa shape index (κ3) is 1.80. The van der Waals surface area contributed by atoms with Crippen LogP contribution in [0.1, 0.15) is 23.2 Å². The molecular formula is C15H17NO2. The van der Waals surface area contributed by atoms with Crippen LogP contribution in [0.2, 0.25) is 0 Å². The normalized spacial score (nSPS) is 28.4. The number of allylic oxidation sites excluding steroid dienone is 1. The Labute approximate surface area is 107 Å². The minimum atomic E-state index is -0.282. The van der Waals surface area contributed by atoms with Crippen molar-refractivity contribution in [3.05, 3.63) is 42.0 Å². The predicted molar refractivity (Wildman–Crippen MR) is 70.5 cm³/mol. The number of nitrogens with one attached hydrogen (secondary N) is 1. The Hall–Kier alpha value is -1.77. The highest BCUT2D eigenvalue weighted by Crippen LogP contribution is 2.44. The van der Waals surface area contributed by atoms with E-state index in [-0.39, 0.29) is 5.97 Å². The van der Waals surface area contributed by atoms with Crippen LogP contribution >= 0.6 is 0 Å². The molecule has 2 aliphatic rings. The maximum Gasteiger partial charge on any atom is 0.339 e. The van der Waals surface area contributed by atoms with Gasteiger partial charge in [-0.2, -0.15) is 0 Å². The van der Waals surface area contributed by atoms with Gasteiger partial charge in [-0.3, -0.25) is 0 Å². The quantitative estimate of drug-likeness (QED) is 0.655. The van der Waals surface area contributed by atoms with Crippen molar-refractivity contribution >= 4 is 11.7 Å². The molecule has 0 aliphatic heterocycles. The van der Waals surface area contributed by atoms with Gasteiger partial charge in [0.1, 0.15) is 0 Å². The predicted octanol–water partition coefficient (Wildman–Crippen LogP) is 2.85. The Bertz CT molecular complexity index is 495. The topological polar surface area (TPSA) is 38.3 Å². The van der Waals surface area contributed by atoms with Gasteiger partial charge in [0.25, 0.3) is 0 Å². The number of ether oxygens (including phenoxy) is 1. The third-order valence-corrected chi connectivity index (χ3v) is 4.04. The highest BCUT2D eigenvalue weighted by atomic mass is 16.5. The largest absolute Gasteiger partial charge is 0.465 e. The molecule has 0 aromatic heterocycles. The molecule has 0 bridgehead atoms. The van der Waals surface area contributed by atoms with E-state index in [2.05, 4.69) is 17.5 Å². The maximum atomic E-state index is 11.7. The molecule has 0 heterocycles. The number of rotatable bonds is 3. The van der Waals surface area contributed by atoms with Crippen LogP contribution in [-0.2, 0) is 4.74 Å². The first kappa shape index (κ1) is 11.3. The second kappa shape index (κ2) is 4.48. The molecule has 1 aromatic rings. The summed E-state index contributed by atoms with van der Waals surface area (Å²) in [6.45, 7) is 0. The monoisotopic (exact) mass is 243 g/mol. The van der Waals surface area contributed by atoms with Crippen LogP contribution in [0.15, 0.2) is 36.4 Å². The van der Waals surface area contributed by atoms with E-state index in [0.717, 1.165) is 11.6 Å². The van der Waals surface area contributed by atoms with Crippen LogP contribution in [0.4, 0.5) is 5.69 Å². The number of hydrogen-bond donors (Lipinski definition) is 1. The van der Waals surface area contributed by atoms with Crippen molar-refractivity contribution in [1.82, 2.24) is 0 Å². The highest BCUT2D eigenvalue weighted by molar-refractivity contribution is 5.95. The summed E-state index contributed by atoms with van der Waals surface area (Å²) < 4.78 is 4.80. The zero-order valence-corrected chi connectivity index (χ0v) is 10.4. The van der Waals surface area contributed by atoms with Crippen molar-refractivity contribution in [2.45, 2.75) is 18.9 Å². The van der Waals surface area contributed by atoms with Crippen LogP contribution in [0.5, 0.6) is 0 Å². The standard InChI is InChI=1S/C15H17NO2/c1-18-15(17)12-6-2-3-8-13(12)16-14-9-10-5-4-7-11(10)14/h2-4,6-8,10-11,14,16H,5,9H2,1H3. The molecule has 3 rings (SSSR count). The molecule has 0 amide bonds. The maximum absolute atomic E-state index is 11.7. The lowest BCUT2D eigenvalue weighted by Gasteiger charge is -2.41. The zero-order valence-electron chi connectivity index (χ0n) is 10.4. The number of benzene rings is 1. The lowest BCUT2D eigenvalue weighted by atomic mass is 9.71. The third-order valence-electron chi connectivity index (χ3n) is 4.04. The SMILES string of the molecule is COC(=O)c1ccccc1NC1CC2CC=CC21. The molecule has 0 radical (unpaired) electrons. The second-order valence-corrected chi connectivity index (χ2v) is 5.02. The average molecular weight is 243 g/mol. The van der Waals surface area contributed by atoms with E-state index in [1.807, 2.05) is 18.2 Å². The van der Waals surface area contributed by atoms with Gasteiger partial charge in [-0.05, 0) is 30.9 Å². The summed E-state index contributed by atoms with van der Waals surface area (Å²) >= 11 is 0. The molecular weight excluding hydrogens is 226 g/mol. The molecule has 1 N–H and O–H groups in total. The summed E-state index contributed by atoms with van der Waals surface area (Å²) in [4.78, 5) is 11.7. The van der Waals surface area contributed by atoms with Crippen LogP contribution in [0.3, 0.4) is 0 Å². The van der Waals surface area contributed by atoms with E-state index < -0.39 is 0 Å². The van der Waals surface area contributed by atoms with Gasteiger partial charge in [-0.15, -0.1) is 0 Å². The molecule has 0 spiro atoms. The van der Waals surface area contributed by atoms with Crippen LogP contribution in [0, 0.1) is 11.8 Å². The Morgan fingerprint density at radius 3 is 3.00 bits per heavy atom. The van der Waals surface area contributed by atoms with E-state index in [1.54, 1.807) is 6.07 Å². The highest BCUT2D eigenvalue weighted by Gasteiger charge is 2.41. The minimum absolute atomic E-state index is 0.282. The van der Waals surface area contributed by atoms with Crippen LogP contribution < -0.4 is 5.32 Å². The average Bonchev–Trinajstić information content (AvgIpc) is 2.77. The molecule has 94 valence electrons. The summed E-state index contributed by atoms with van der Waals surface area (Å²) in [6.07, 6.45) is 6.96. The first-order chi connectivity index (χ1) is 8.79. The lowest BCUT2D eigenvalue weighted by Crippen LogP contribution is -2.43. The molecule has 1 aromatic carbocycles. The Balaban J connectivity index is 1.76. The Kier molecular flexibility index (Phi) is 2.82. The summed E-state index contributed by atoms with van der Waals surface area (Å²) in [5.41, 5.74) is 1.50. The Morgan fingerprint density at radius 2 is 2.22 bits per heavy atom. The molecule has 3 heteroatoms. The molecule has 18 heavy (non-hydrogen) atoms. The van der Waals surface area contributed by atoms with Crippen molar-refractivity contribution in [1.29, 1.82) is 0 Å². The lowest BCUT2D eigenvalue weighted by molar-refractivity contribution is 0.0601. The van der Waals surface area contributed by atoms with Gasteiger partial charge >= 0.3 is 5.97 Å². The number of para-hydroxylation sites is 1. The van der Waals surface area contributed by atoms with Crippen molar-refractivity contribution in [3.8, 4) is 0 Å². The molecule has 1 fully saturated rings. The Morgan fingerprint density at radius 1 is 1.39 bits per heavy atom. The summed E-state index contributed by atoms with van der Waals surface area (Å²) in [5, 5.41) is 3.48. The van der Waals surface area contributed by atoms with Crippen molar-refractivity contribution in [3.63, 3.8) is 0 Å². The molecule has 0 saturated heterocycles. The minimum Gasteiger partial charge on any atom is -0.465 e. The van der Waals surface area contributed by atoms with Gasteiger partial charge < -0.3 is 10.1 Å². The van der Waals surface area contributed by atoms with Crippen molar-refractivity contribution in [2.75, 3.05) is 12.4 Å². The molecule has 2 aliphatic carbocycles. The van der Waals surface area contributed by atoms with Gasteiger partial charge in [-0.1, -0.05) is 24.3 Å². The van der Waals surface area contributed by atoms with E-state index in [1.165, 1.54) is 20.0 Å². The number of carbonyl (C=O) groups is 1. The number of fused-ring (bicyclic) bond motifs is 1. The van der Waals surface area contributed by atoms with Gasteiger partial charge in [0.05, 0.1) is 12.7 Å². The zero-order chi connectivity index (χ0) is 12.5. The fourth-order valence-electron chi connectivity index (χ4n) is 2.98. The number of anilines is 1. The number of esters is 1. The molecule has 1 saturated carbocycles. The van der Waals surface area contributed by atoms with Crippen LogP contribution in [-0.4, -0.2) is 19.1 Å². The first-order valence-corrected chi connectivity index (χ1v) is 6.40. The first-order valence-electron chi connectivity index (χ1n) is 6.40. The van der Waals surface area contributed by atoms with Crippen molar-refractivity contribution in [2.24, 2.45) is 11.8 Å².